The van der Waals surface area contributed by atoms with E-state index in [1.807, 2.05) is 18.2 Å². The molecule has 4 rings (SSSR count). The van der Waals surface area contributed by atoms with Crippen molar-refractivity contribution in [2.45, 2.75) is 58.5 Å². The molecular weight excluding hydrogens is 458 g/mol. The van der Waals surface area contributed by atoms with Crippen molar-refractivity contribution in [1.29, 1.82) is 0 Å². The summed E-state index contributed by atoms with van der Waals surface area (Å²) < 4.78 is 13.2. The van der Waals surface area contributed by atoms with E-state index in [-0.39, 0.29) is 36.4 Å². The number of halogens is 3. The van der Waals surface area contributed by atoms with Crippen LogP contribution in [0.4, 0.5) is 4.39 Å². The SMILES string of the molecule is CCN1CCC(CCC(=O)c2ccc3c(c2)CN(Cc2ccc(F)cc2)CCC3)CC1.Cl.Cl. The maximum Gasteiger partial charge on any atom is 0.162 e. The van der Waals surface area contributed by atoms with Gasteiger partial charge in [0, 0.05) is 25.1 Å². The van der Waals surface area contributed by atoms with Gasteiger partial charge < -0.3 is 4.90 Å². The molecular formula is C27H37Cl2FN2O. The van der Waals surface area contributed by atoms with Gasteiger partial charge >= 0.3 is 0 Å². The summed E-state index contributed by atoms with van der Waals surface area (Å²) in [7, 11) is 0. The van der Waals surface area contributed by atoms with E-state index < -0.39 is 0 Å². The normalized spacial score (nSPS) is 17.4. The second kappa shape index (κ2) is 13.4. The molecule has 0 aromatic heterocycles. The van der Waals surface area contributed by atoms with Crippen LogP contribution in [0.3, 0.4) is 0 Å². The number of rotatable bonds is 7. The first-order valence-corrected chi connectivity index (χ1v) is 11.9. The first kappa shape index (κ1) is 27.8. The summed E-state index contributed by atoms with van der Waals surface area (Å²) in [4.78, 5) is 17.8. The molecule has 0 radical (unpaired) electrons. The van der Waals surface area contributed by atoms with Crippen LogP contribution in [0, 0.1) is 11.7 Å². The molecule has 33 heavy (non-hydrogen) atoms. The average Bonchev–Trinajstić information content (AvgIpc) is 3.00. The lowest BCUT2D eigenvalue weighted by molar-refractivity contribution is 0.0963. The fourth-order valence-corrected chi connectivity index (χ4v) is 5.06. The van der Waals surface area contributed by atoms with Gasteiger partial charge in [0.2, 0.25) is 0 Å². The summed E-state index contributed by atoms with van der Waals surface area (Å²) in [5.41, 5.74) is 4.64. The summed E-state index contributed by atoms with van der Waals surface area (Å²) in [6.45, 7) is 8.40. The Labute approximate surface area is 210 Å². The highest BCUT2D eigenvalue weighted by molar-refractivity contribution is 5.96. The highest BCUT2D eigenvalue weighted by atomic mass is 35.5. The maximum absolute atomic E-state index is 13.2. The third kappa shape index (κ3) is 7.78. The number of piperidine rings is 1. The predicted molar refractivity (Wildman–Crippen MR) is 138 cm³/mol. The van der Waals surface area contributed by atoms with Crippen LogP contribution in [0.1, 0.15) is 66.1 Å². The van der Waals surface area contributed by atoms with Gasteiger partial charge in [0.15, 0.2) is 5.78 Å². The standard InChI is InChI=1S/C27H35FN2O.2ClH/c1-2-29-16-13-21(14-17-29)7-12-27(31)24-9-8-23-4-3-15-30(20-25(23)18-24)19-22-5-10-26(28)11-6-22;;/h5-6,8-11,18,21H,2-4,7,12-17,19-20H2,1H3;2*1H. The predicted octanol–water partition coefficient (Wildman–Crippen LogP) is 6.31. The van der Waals surface area contributed by atoms with E-state index in [0.29, 0.717) is 12.3 Å². The second-order valence-electron chi connectivity index (χ2n) is 9.26. The Balaban J connectivity index is 0.00000193. The largest absolute Gasteiger partial charge is 0.304 e. The lowest BCUT2D eigenvalue weighted by Gasteiger charge is -2.30. The van der Waals surface area contributed by atoms with Gasteiger partial charge in [-0.25, -0.2) is 4.39 Å². The average molecular weight is 496 g/mol. The van der Waals surface area contributed by atoms with Gasteiger partial charge in [-0.15, -0.1) is 24.8 Å². The van der Waals surface area contributed by atoms with Crippen LogP contribution in [0.2, 0.25) is 0 Å². The number of hydrogen-bond donors (Lipinski definition) is 0. The monoisotopic (exact) mass is 494 g/mol. The van der Waals surface area contributed by atoms with Gasteiger partial charge in [0.05, 0.1) is 0 Å². The summed E-state index contributed by atoms with van der Waals surface area (Å²) in [5.74, 6) is 0.790. The fraction of sp³-hybridized carbons (Fsp3) is 0.519. The van der Waals surface area contributed by atoms with Gasteiger partial charge in [0.25, 0.3) is 0 Å². The minimum atomic E-state index is -0.191. The molecule has 2 aliphatic heterocycles. The lowest BCUT2D eigenvalue weighted by atomic mass is 9.90. The molecule has 2 aromatic rings. The van der Waals surface area contributed by atoms with Gasteiger partial charge in [-0.2, -0.15) is 0 Å². The minimum Gasteiger partial charge on any atom is -0.304 e. The Morgan fingerprint density at radius 2 is 1.70 bits per heavy atom. The zero-order chi connectivity index (χ0) is 21.6. The van der Waals surface area contributed by atoms with E-state index in [9.17, 15) is 9.18 Å². The van der Waals surface area contributed by atoms with Crippen molar-refractivity contribution in [2.75, 3.05) is 26.2 Å². The van der Waals surface area contributed by atoms with Gasteiger partial charge in [-0.05, 0) is 99.1 Å². The van der Waals surface area contributed by atoms with E-state index in [1.54, 1.807) is 0 Å². The molecule has 0 atom stereocenters. The number of fused-ring (bicyclic) bond motifs is 1. The Morgan fingerprint density at radius 1 is 0.970 bits per heavy atom. The number of nitrogens with zero attached hydrogens (tertiary/aromatic N) is 2. The van der Waals surface area contributed by atoms with Crippen molar-refractivity contribution in [2.24, 2.45) is 5.92 Å². The molecule has 0 N–H and O–H groups in total. The first-order valence-electron chi connectivity index (χ1n) is 11.9. The van der Waals surface area contributed by atoms with Crippen LogP contribution >= 0.6 is 24.8 Å². The maximum atomic E-state index is 13.2. The minimum absolute atomic E-state index is 0. The van der Waals surface area contributed by atoms with Crippen LogP contribution < -0.4 is 0 Å². The molecule has 0 bridgehead atoms. The summed E-state index contributed by atoms with van der Waals surface area (Å²) in [5, 5.41) is 0. The van der Waals surface area contributed by atoms with Crippen molar-refractivity contribution in [3.63, 3.8) is 0 Å². The molecule has 2 aromatic carbocycles. The van der Waals surface area contributed by atoms with Crippen molar-refractivity contribution in [3.8, 4) is 0 Å². The van der Waals surface area contributed by atoms with E-state index >= 15 is 0 Å². The molecule has 2 aliphatic rings. The van der Waals surface area contributed by atoms with Crippen LogP contribution in [0.25, 0.3) is 0 Å². The summed E-state index contributed by atoms with van der Waals surface area (Å²) >= 11 is 0. The topological polar surface area (TPSA) is 23.6 Å². The zero-order valence-electron chi connectivity index (χ0n) is 19.6. The first-order chi connectivity index (χ1) is 15.1. The number of carbonyl (C=O) groups excluding carboxylic acids is 1. The molecule has 1 saturated heterocycles. The highest BCUT2D eigenvalue weighted by Crippen LogP contribution is 2.25. The molecule has 2 heterocycles. The van der Waals surface area contributed by atoms with Crippen LogP contribution in [-0.2, 0) is 19.5 Å². The van der Waals surface area contributed by atoms with Crippen molar-refractivity contribution >= 4 is 30.6 Å². The summed E-state index contributed by atoms with van der Waals surface area (Å²) in [6.07, 6.45) is 6.30. The molecule has 0 aliphatic carbocycles. The number of ketones is 1. The highest BCUT2D eigenvalue weighted by Gasteiger charge is 2.20. The smallest absolute Gasteiger partial charge is 0.162 e. The number of Topliss-reactive ketones (excluding diaryl/α,β-unsaturated/α-hetero) is 1. The lowest BCUT2D eigenvalue weighted by Crippen LogP contribution is -2.33. The molecule has 182 valence electrons. The number of carbonyl (C=O) groups is 1. The number of hydrogen-bond acceptors (Lipinski definition) is 3. The summed E-state index contributed by atoms with van der Waals surface area (Å²) in [6, 6.07) is 13.1. The van der Waals surface area contributed by atoms with Gasteiger partial charge in [-0.1, -0.05) is 31.2 Å². The van der Waals surface area contributed by atoms with Crippen molar-refractivity contribution in [1.82, 2.24) is 9.80 Å². The molecule has 0 unspecified atom stereocenters. The Kier molecular flexibility index (Phi) is 11.3. The van der Waals surface area contributed by atoms with E-state index in [1.165, 1.54) is 49.2 Å². The fourth-order valence-electron chi connectivity index (χ4n) is 5.06. The van der Waals surface area contributed by atoms with Crippen LogP contribution in [0.5, 0.6) is 0 Å². The molecule has 1 fully saturated rings. The Hall–Kier alpha value is -1.46. The van der Waals surface area contributed by atoms with Crippen molar-refractivity contribution < 1.29 is 9.18 Å². The molecule has 3 nitrogen and oxygen atoms in total. The van der Waals surface area contributed by atoms with Crippen LogP contribution in [-0.4, -0.2) is 41.8 Å². The number of aryl methyl sites for hydroxylation is 1. The van der Waals surface area contributed by atoms with Crippen LogP contribution in [0.15, 0.2) is 42.5 Å². The quantitative estimate of drug-likeness (QED) is 0.421. The molecule has 0 saturated carbocycles. The molecule has 6 heteroatoms. The molecule has 0 amide bonds. The molecule has 0 spiro atoms. The Bertz CT molecular complexity index is 882. The van der Waals surface area contributed by atoms with E-state index in [2.05, 4.69) is 28.9 Å². The zero-order valence-corrected chi connectivity index (χ0v) is 21.2. The Morgan fingerprint density at radius 3 is 2.39 bits per heavy atom. The second-order valence-corrected chi connectivity index (χ2v) is 9.26. The third-order valence-electron chi connectivity index (χ3n) is 7.10. The van der Waals surface area contributed by atoms with Gasteiger partial charge in [-0.3, -0.25) is 9.69 Å². The number of likely N-dealkylation sites (tertiary alicyclic amines) is 1. The van der Waals surface area contributed by atoms with Crippen molar-refractivity contribution in [3.05, 3.63) is 70.5 Å². The number of benzene rings is 2. The van der Waals surface area contributed by atoms with Gasteiger partial charge in [0.1, 0.15) is 5.82 Å². The third-order valence-corrected chi connectivity index (χ3v) is 7.10. The van der Waals surface area contributed by atoms with E-state index in [0.717, 1.165) is 56.6 Å². The van der Waals surface area contributed by atoms with E-state index in [4.69, 9.17) is 0 Å².